The summed E-state index contributed by atoms with van der Waals surface area (Å²) in [5.41, 5.74) is 1.50. The first-order valence-electron chi connectivity index (χ1n) is 5.41. The van der Waals surface area contributed by atoms with Gasteiger partial charge in [0.25, 0.3) is 0 Å². The molecular formula is C13H11Cl2NO2. The van der Waals surface area contributed by atoms with Crippen molar-refractivity contribution in [3.8, 4) is 0 Å². The largest absolute Gasteiger partial charge is 0.469 e. The highest BCUT2D eigenvalue weighted by Crippen LogP contribution is 2.26. The molecule has 2 aromatic rings. The van der Waals surface area contributed by atoms with E-state index in [1.165, 1.54) is 7.11 Å². The molecule has 94 valence electrons. The molecule has 0 aliphatic rings. The number of benzene rings is 1. The van der Waals surface area contributed by atoms with Crippen LogP contribution in [0.5, 0.6) is 0 Å². The summed E-state index contributed by atoms with van der Waals surface area (Å²) >= 11 is 12.0. The Hall–Kier alpha value is -1.32. The first-order valence-corrected chi connectivity index (χ1v) is 6.17. The molecule has 18 heavy (non-hydrogen) atoms. The predicted octanol–water partition coefficient (Wildman–Crippen LogP) is 3.65. The predicted molar refractivity (Wildman–Crippen MR) is 72.1 cm³/mol. The first kappa shape index (κ1) is 13.1. The van der Waals surface area contributed by atoms with E-state index in [1.54, 1.807) is 12.1 Å². The van der Waals surface area contributed by atoms with Gasteiger partial charge in [0.05, 0.1) is 24.1 Å². The molecule has 0 unspecified atom stereocenters. The third-order valence-electron chi connectivity index (χ3n) is 2.58. The Balaban J connectivity index is 2.30. The summed E-state index contributed by atoms with van der Waals surface area (Å²) in [6, 6.07) is 7.22. The van der Waals surface area contributed by atoms with Crippen LogP contribution in [-0.2, 0) is 16.0 Å². The van der Waals surface area contributed by atoms with Crippen LogP contribution in [0.1, 0.15) is 12.1 Å². The Bertz CT molecular complexity index is 599. The summed E-state index contributed by atoms with van der Waals surface area (Å²) in [6.45, 7) is 0. The number of hydrogen-bond donors (Lipinski definition) is 0. The number of fused-ring (bicyclic) bond motifs is 1. The molecule has 0 radical (unpaired) electrons. The number of esters is 1. The summed E-state index contributed by atoms with van der Waals surface area (Å²) in [5.74, 6) is -0.251. The van der Waals surface area contributed by atoms with Crippen molar-refractivity contribution in [1.29, 1.82) is 0 Å². The molecule has 1 aromatic carbocycles. The van der Waals surface area contributed by atoms with Gasteiger partial charge in [-0.25, -0.2) is 0 Å². The fourth-order valence-electron chi connectivity index (χ4n) is 1.67. The summed E-state index contributed by atoms with van der Waals surface area (Å²) in [6.07, 6.45) is 0.835. The van der Waals surface area contributed by atoms with Crippen molar-refractivity contribution in [2.24, 2.45) is 0 Å². The maximum atomic E-state index is 11.1. The quantitative estimate of drug-likeness (QED) is 0.808. The molecule has 0 spiro atoms. The van der Waals surface area contributed by atoms with Crippen LogP contribution in [-0.4, -0.2) is 18.1 Å². The number of hydrogen-bond acceptors (Lipinski definition) is 3. The Kier molecular flexibility index (Phi) is 4.04. The van der Waals surface area contributed by atoms with E-state index in [9.17, 15) is 4.79 Å². The van der Waals surface area contributed by atoms with Crippen LogP contribution in [0.25, 0.3) is 10.9 Å². The zero-order valence-corrected chi connectivity index (χ0v) is 11.3. The minimum atomic E-state index is -0.251. The number of carbonyl (C=O) groups excluding carboxylic acids is 1. The number of carbonyl (C=O) groups is 1. The molecule has 0 atom stereocenters. The summed E-state index contributed by atoms with van der Waals surface area (Å²) in [4.78, 5) is 15.5. The fourth-order valence-corrected chi connectivity index (χ4v) is 2.22. The van der Waals surface area contributed by atoms with Gasteiger partial charge in [0.2, 0.25) is 0 Å². The number of nitrogens with zero attached hydrogens (tertiary/aromatic N) is 1. The van der Waals surface area contributed by atoms with Crippen LogP contribution >= 0.6 is 23.2 Å². The second-order valence-electron chi connectivity index (χ2n) is 3.84. The zero-order valence-electron chi connectivity index (χ0n) is 9.74. The molecule has 0 amide bonds. The standard InChI is InChI=1S/C13H11Cl2NO2/c1-18-12(17)5-4-10-3-2-8-6-9(14)7-11(15)13(8)16-10/h2-3,6-7H,4-5H2,1H3. The van der Waals surface area contributed by atoms with E-state index in [4.69, 9.17) is 23.2 Å². The number of methoxy groups -OCH3 is 1. The highest BCUT2D eigenvalue weighted by Gasteiger charge is 2.06. The maximum absolute atomic E-state index is 11.1. The fraction of sp³-hybridized carbons (Fsp3) is 0.231. The van der Waals surface area contributed by atoms with Gasteiger partial charge in [-0.05, 0) is 18.2 Å². The molecule has 0 bridgehead atoms. The molecule has 3 nitrogen and oxygen atoms in total. The number of halogens is 2. The van der Waals surface area contributed by atoms with Gasteiger partial charge < -0.3 is 4.74 Å². The Morgan fingerprint density at radius 1 is 1.33 bits per heavy atom. The molecule has 2 rings (SSSR count). The van der Waals surface area contributed by atoms with Crippen molar-refractivity contribution in [3.63, 3.8) is 0 Å². The Morgan fingerprint density at radius 3 is 2.83 bits per heavy atom. The second-order valence-corrected chi connectivity index (χ2v) is 4.68. The van der Waals surface area contributed by atoms with Crippen molar-refractivity contribution in [2.45, 2.75) is 12.8 Å². The van der Waals surface area contributed by atoms with Gasteiger partial charge in [0.1, 0.15) is 0 Å². The number of rotatable bonds is 3. The summed E-state index contributed by atoms with van der Waals surface area (Å²) in [5, 5.41) is 1.98. The highest BCUT2D eigenvalue weighted by atomic mass is 35.5. The van der Waals surface area contributed by atoms with Crippen LogP contribution < -0.4 is 0 Å². The molecule has 0 N–H and O–H groups in total. The van der Waals surface area contributed by atoms with E-state index in [2.05, 4.69) is 9.72 Å². The summed E-state index contributed by atoms with van der Waals surface area (Å²) in [7, 11) is 1.37. The molecule has 0 saturated heterocycles. The molecular weight excluding hydrogens is 273 g/mol. The second kappa shape index (κ2) is 5.55. The van der Waals surface area contributed by atoms with E-state index < -0.39 is 0 Å². The van der Waals surface area contributed by atoms with Gasteiger partial charge in [-0.3, -0.25) is 9.78 Å². The number of aromatic nitrogens is 1. The monoisotopic (exact) mass is 283 g/mol. The normalized spacial score (nSPS) is 10.6. The molecule has 0 saturated carbocycles. The lowest BCUT2D eigenvalue weighted by Crippen LogP contribution is -2.03. The van der Waals surface area contributed by atoms with Crippen LogP contribution in [0.2, 0.25) is 10.0 Å². The summed E-state index contributed by atoms with van der Waals surface area (Å²) < 4.78 is 4.59. The molecule has 1 heterocycles. The van der Waals surface area contributed by atoms with E-state index in [0.717, 1.165) is 11.1 Å². The van der Waals surface area contributed by atoms with Gasteiger partial charge in [-0.15, -0.1) is 0 Å². The third kappa shape index (κ3) is 2.92. The SMILES string of the molecule is COC(=O)CCc1ccc2cc(Cl)cc(Cl)c2n1. The van der Waals surface area contributed by atoms with Gasteiger partial charge in [-0.2, -0.15) is 0 Å². The Morgan fingerprint density at radius 2 is 2.11 bits per heavy atom. The molecule has 0 fully saturated rings. The average Bonchev–Trinajstić information content (AvgIpc) is 2.36. The van der Waals surface area contributed by atoms with Gasteiger partial charge in [-0.1, -0.05) is 29.3 Å². The lowest BCUT2D eigenvalue weighted by atomic mass is 10.1. The average molecular weight is 284 g/mol. The zero-order chi connectivity index (χ0) is 13.1. The molecule has 0 aliphatic carbocycles. The van der Waals surface area contributed by atoms with Gasteiger partial charge >= 0.3 is 5.97 Å². The van der Waals surface area contributed by atoms with Crippen LogP contribution in [0.15, 0.2) is 24.3 Å². The van der Waals surface area contributed by atoms with Gasteiger partial charge in [0.15, 0.2) is 0 Å². The minimum absolute atomic E-state index is 0.251. The first-order chi connectivity index (χ1) is 8.60. The van der Waals surface area contributed by atoms with Crippen LogP contribution in [0.4, 0.5) is 0 Å². The van der Waals surface area contributed by atoms with Crippen molar-refractivity contribution in [1.82, 2.24) is 4.98 Å². The highest BCUT2D eigenvalue weighted by molar-refractivity contribution is 6.38. The van der Waals surface area contributed by atoms with Crippen molar-refractivity contribution in [3.05, 3.63) is 40.0 Å². The third-order valence-corrected chi connectivity index (χ3v) is 3.09. The van der Waals surface area contributed by atoms with Gasteiger partial charge in [0, 0.05) is 22.5 Å². The van der Waals surface area contributed by atoms with Crippen LogP contribution in [0.3, 0.4) is 0 Å². The molecule has 0 aliphatic heterocycles. The Labute approximate surface area is 115 Å². The van der Waals surface area contributed by atoms with Crippen molar-refractivity contribution >= 4 is 40.1 Å². The van der Waals surface area contributed by atoms with E-state index in [-0.39, 0.29) is 5.97 Å². The van der Waals surface area contributed by atoms with Crippen LogP contribution in [0, 0.1) is 0 Å². The van der Waals surface area contributed by atoms with E-state index in [1.807, 2.05) is 12.1 Å². The molecule has 5 heteroatoms. The van der Waals surface area contributed by atoms with E-state index >= 15 is 0 Å². The number of ether oxygens (including phenoxy) is 1. The van der Waals surface area contributed by atoms with Crippen molar-refractivity contribution < 1.29 is 9.53 Å². The lowest BCUT2D eigenvalue weighted by molar-refractivity contribution is -0.140. The number of pyridine rings is 1. The minimum Gasteiger partial charge on any atom is -0.469 e. The van der Waals surface area contributed by atoms with Crippen molar-refractivity contribution in [2.75, 3.05) is 7.11 Å². The maximum Gasteiger partial charge on any atom is 0.305 e. The lowest BCUT2D eigenvalue weighted by Gasteiger charge is -2.04. The number of aryl methyl sites for hydroxylation is 1. The topological polar surface area (TPSA) is 39.2 Å². The smallest absolute Gasteiger partial charge is 0.305 e. The van der Waals surface area contributed by atoms with E-state index in [0.29, 0.717) is 28.4 Å². The molecule has 1 aromatic heterocycles.